The summed E-state index contributed by atoms with van der Waals surface area (Å²) in [6.07, 6.45) is 5.94. The minimum Gasteiger partial charge on any atom is -0.241 e. The molecule has 0 aliphatic heterocycles. The van der Waals surface area contributed by atoms with Gasteiger partial charge in [0.05, 0.1) is 12.4 Å². The Labute approximate surface area is 63.9 Å². The van der Waals surface area contributed by atoms with Crippen molar-refractivity contribution >= 4 is 5.52 Å². The summed E-state index contributed by atoms with van der Waals surface area (Å²) in [7, 11) is 0. The average Bonchev–Trinajstić information content (AvgIpc) is 2.47. The van der Waals surface area contributed by atoms with Crippen LogP contribution in [0.15, 0.2) is 18.7 Å². The van der Waals surface area contributed by atoms with Gasteiger partial charge < -0.3 is 0 Å². The van der Waals surface area contributed by atoms with Crippen LogP contribution in [0.3, 0.4) is 0 Å². The van der Waals surface area contributed by atoms with Crippen molar-refractivity contribution in [2.75, 3.05) is 0 Å². The minimum absolute atomic E-state index is 0.894. The molecule has 2 aromatic rings. The molecule has 0 saturated carbocycles. The van der Waals surface area contributed by atoms with Gasteiger partial charge >= 0.3 is 0 Å². The molecule has 2 aromatic heterocycles. The van der Waals surface area contributed by atoms with E-state index in [0.29, 0.717) is 0 Å². The van der Waals surface area contributed by atoms with Gasteiger partial charge in [-0.05, 0) is 0 Å². The van der Waals surface area contributed by atoms with Crippen LogP contribution in [-0.2, 0) is 6.42 Å². The van der Waals surface area contributed by atoms with Crippen molar-refractivity contribution in [3.63, 3.8) is 0 Å². The summed E-state index contributed by atoms with van der Waals surface area (Å²) >= 11 is 0. The number of hydrogen-bond acceptors (Lipinski definition) is 3. The molecule has 2 rings (SSSR count). The van der Waals surface area contributed by atoms with Crippen molar-refractivity contribution in [3.8, 4) is 0 Å². The fourth-order valence-corrected chi connectivity index (χ4v) is 1.05. The minimum atomic E-state index is 0.894. The van der Waals surface area contributed by atoms with E-state index in [9.17, 15) is 0 Å². The smallest absolute Gasteiger partial charge is 0.136 e. The van der Waals surface area contributed by atoms with E-state index < -0.39 is 0 Å². The second kappa shape index (κ2) is 2.30. The first-order valence-corrected chi connectivity index (χ1v) is 3.54. The highest BCUT2D eigenvalue weighted by atomic mass is 15.3. The highest BCUT2D eigenvalue weighted by molar-refractivity contribution is 5.41. The molecule has 2 heterocycles. The Kier molecular flexibility index (Phi) is 1.31. The van der Waals surface area contributed by atoms with Crippen molar-refractivity contribution in [3.05, 3.63) is 24.5 Å². The van der Waals surface area contributed by atoms with E-state index in [1.807, 2.05) is 0 Å². The topological polar surface area (TPSA) is 43.1 Å². The first-order chi connectivity index (χ1) is 5.42. The lowest BCUT2D eigenvalue weighted by atomic mass is 10.5. The summed E-state index contributed by atoms with van der Waals surface area (Å²) < 4.78 is 1.80. The predicted molar refractivity (Wildman–Crippen MR) is 40.2 cm³/mol. The van der Waals surface area contributed by atoms with Gasteiger partial charge in [-0.2, -0.15) is 5.10 Å². The number of hydrogen-bond donors (Lipinski definition) is 0. The molecule has 0 fully saturated rings. The molecule has 0 aliphatic carbocycles. The van der Waals surface area contributed by atoms with Gasteiger partial charge in [0.25, 0.3) is 0 Å². The monoisotopic (exact) mass is 148 g/mol. The van der Waals surface area contributed by atoms with E-state index in [-0.39, 0.29) is 0 Å². The molecular weight excluding hydrogens is 140 g/mol. The number of fused-ring (bicyclic) bond motifs is 1. The van der Waals surface area contributed by atoms with E-state index in [4.69, 9.17) is 0 Å². The number of nitrogens with zero attached hydrogens (tertiary/aromatic N) is 4. The lowest BCUT2D eigenvalue weighted by Crippen LogP contribution is -1.96. The van der Waals surface area contributed by atoms with Gasteiger partial charge in [0, 0.05) is 6.42 Å². The summed E-state index contributed by atoms with van der Waals surface area (Å²) in [6.45, 7) is 2.05. The molecular formula is C7H8N4. The standard InChI is InChI=1S/C7H8N4/c1-2-7-9-4-6-3-8-5-10-11(6)7/h3-5H,2H2,1H3. The third kappa shape index (κ3) is 0.869. The van der Waals surface area contributed by atoms with Gasteiger partial charge in [-0.25, -0.2) is 14.5 Å². The predicted octanol–water partition coefficient (Wildman–Crippen LogP) is 0.687. The first kappa shape index (κ1) is 6.27. The third-order valence-corrected chi connectivity index (χ3v) is 1.59. The van der Waals surface area contributed by atoms with Gasteiger partial charge in [0.1, 0.15) is 17.7 Å². The Morgan fingerprint density at radius 3 is 3.18 bits per heavy atom. The van der Waals surface area contributed by atoms with E-state index >= 15 is 0 Å². The van der Waals surface area contributed by atoms with E-state index in [2.05, 4.69) is 22.0 Å². The maximum absolute atomic E-state index is 4.17. The number of imidazole rings is 1. The summed E-state index contributed by atoms with van der Waals surface area (Å²) in [6, 6.07) is 0. The molecule has 0 unspecified atom stereocenters. The van der Waals surface area contributed by atoms with Crippen LogP contribution >= 0.6 is 0 Å². The third-order valence-electron chi connectivity index (χ3n) is 1.59. The zero-order chi connectivity index (χ0) is 7.68. The van der Waals surface area contributed by atoms with Crippen LogP contribution in [0.2, 0.25) is 0 Å². The zero-order valence-electron chi connectivity index (χ0n) is 6.23. The molecule has 4 nitrogen and oxygen atoms in total. The summed E-state index contributed by atoms with van der Waals surface area (Å²) in [4.78, 5) is 8.06. The highest BCUT2D eigenvalue weighted by Crippen LogP contribution is 2.01. The highest BCUT2D eigenvalue weighted by Gasteiger charge is 1.99. The fourth-order valence-electron chi connectivity index (χ4n) is 1.05. The lowest BCUT2D eigenvalue weighted by Gasteiger charge is -1.92. The van der Waals surface area contributed by atoms with Crippen LogP contribution in [0, 0.1) is 0 Å². The van der Waals surface area contributed by atoms with Gasteiger partial charge in [0.2, 0.25) is 0 Å². The molecule has 0 atom stereocenters. The molecule has 11 heavy (non-hydrogen) atoms. The van der Waals surface area contributed by atoms with Crippen LogP contribution in [0.4, 0.5) is 0 Å². The SMILES string of the molecule is CCc1ncc2cncnn12. The first-order valence-electron chi connectivity index (χ1n) is 3.54. The van der Waals surface area contributed by atoms with Gasteiger partial charge in [-0.3, -0.25) is 0 Å². The van der Waals surface area contributed by atoms with E-state index in [0.717, 1.165) is 17.8 Å². The van der Waals surface area contributed by atoms with Crippen molar-refractivity contribution in [1.29, 1.82) is 0 Å². The zero-order valence-corrected chi connectivity index (χ0v) is 6.23. The Morgan fingerprint density at radius 1 is 1.45 bits per heavy atom. The maximum Gasteiger partial charge on any atom is 0.136 e. The van der Waals surface area contributed by atoms with Gasteiger partial charge in [0.15, 0.2) is 0 Å². The maximum atomic E-state index is 4.17. The van der Waals surface area contributed by atoms with Gasteiger partial charge in [-0.1, -0.05) is 6.92 Å². The number of rotatable bonds is 1. The van der Waals surface area contributed by atoms with Crippen LogP contribution in [0.5, 0.6) is 0 Å². The Bertz CT molecular complexity index is 365. The number of aryl methyl sites for hydroxylation is 1. The molecule has 0 aromatic carbocycles. The second-order valence-corrected chi connectivity index (χ2v) is 2.27. The molecule has 56 valence electrons. The fraction of sp³-hybridized carbons (Fsp3) is 0.286. The molecule has 0 aliphatic rings. The van der Waals surface area contributed by atoms with Crippen LogP contribution in [0.1, 0.15) is 12.7 Å². The van der Waals surface area contributed by atoms with E-state index in [1.54, 1.807) is 16.9 Å². The van der Waals surface area contributed by atoms with Crippen molar-refractivity contribution in [1.82, 2.24) is 19.6 Å². The second-order valence-electron chi connectivity index (χ2n) is 2.27. The molecule has 0 N–H and O–H groups in total. The lowest BCUT2D eigenvalue weighted by molar-refractivity contribution is 0.811. The quantitative estimate of drug-likeness (QED) is 0.597. The van der Waals surface area contributed by atoms with Gasteiger partial charge in [-0.15, -0.1) is 0 Å². The summed E-state index contributed by atoms with van der Waals surface area (Å²) in [5.41, 5.74) is 0.948. The molecule has 4 heteroatoms. The van der Waals surface area contributed by atoms with E-state index in [1.165, 1.54) is 6.33 Å². The Hall–Kier alpha value is -1.45. The summed E-state index contributed by atoms with van der Waals surface area (Å²) in [5, 5.41) is 4.06. The molecule has 0 amide bonds. The van der Waals surface area contributed by atoms with Crippen LogP contribution in [-0.4, -0.2) is 19.6 Å². The van der Waals surface area contributed by atoms with Crippen LogP contribution in [0.25, 0.3) is 5.52 Å². The molecule has 0 bridgehead atoms. The largest absolute Gasteiger partial charge is 0.241 e. The van der Waals surface area contributed by atoms with Crippen molar-refractivity contribution in [2.24, 2.45) is 0 Å². The van der Waals surface area contributed by atoms with Crippen LogP contribution < -0.4 is 0 Å². The summed E-state index contributed by atoms with van der Waals surface area (Å²) in [5.74, 6) is 0.974. The Morgan fingerprint density at radius 2 is 2.36 bits per heavy atom. The van der Waals surface area contributed by atoms with Crippen molar-refractivity contribution < 1.29 is 0 Å². The molecule has 0 radical (unpaired) electrons. The van der Waals surface area contributed by atoms with Crippen molar-refractivity contribution in [2.45, 2.75) is 13.3 Å². The number of aromatic nitrogens is 4. The molecule has 0 spiro atoms. The normalized spacial score (nSPS) is 10.6. The Balaban J connectivity index is 2.76. The molecule has 0 saturated heterocycles. The average molecular weight is 148 g/mol.